The Labute approximate surface area is 171 Å². The Hall–Kier alpha value is -2.30. The largest absolute Gasteiger partial charge is 0.487 e. The van der Waals surface area contributed by atoms with Gasteiger partial charge in [-0.1, -0.05) is 20.3 Å². The number of hydrogen-bond acceptors (Lipinski definition) is 4. The zero-order valence-electron chi connectivity index (χ0n) is 17.7. The minimum atomic E-state index is -0.433. The van der Waals surface area contributed by atoms with Crippen LogP contribution in [0, 0.1) is 12.8 Å². The zero-order valence-corrected chi connectivity index (χ0v) is 17.7. The fourth-order valence-electron chi connectivity index (χ4n) is 4.69. The summed E-state index contributed by atoms with van der Waals surface area (Å²) in [5.41, 5.74) is 2.52. The molecule has 156 valence electrons. The van der Waals surface area contributed by atoms with Crippen molar-refractivity contribution in [1.29, 1.82) is 0 Å². The summed E-state index contributed by atoms with van der Waals surface area (Å²) in [7, 11) is 0. The zero-order chi connectivity index (χ0) is 20.6. The van der Waals surface area contributed by atoms with Crippen LogP contribution in [0.4, 0.5) is 0 Å². The molecule has 1 N–H and O–H groups in total. The van der Waals surface area contributed by atoms with E-state index in [1.807, 2.05) is 26.8 Å². The lowest BCUT2D eigenvalue weighted by Crippen LogP contribution is -2.41. The molecular weight excluding hydrogens is 366 g/mol. The third-order valence-electron chi connectivity index (χ3n) is 6.45. The van der Waals surface area contributed by atoms with E-state index >= 15 is 0 Å². The summed E-state index contributed by atoms with van der Waals surface area (Å²) in [6.07, 6.45) is 8.03. The monoisotopic (exact) mass is 397 g/mol. The van der Waals surface area contributed by atoms with Crippen LogP contribution in [-0.4, -0.2) is 18.1 Å². The molecule has 0 atom stereocenters. The van der Waals surface area contributed by atoms with Gasteiger partial charge in [-0.3, -0.25) is 4.79 Å². The summed E-state index contributed by atoms with van der Waals surface area (Å²) < 4.78 is 12.1. The van der Waals surface area contributed by atoms with Crippen molar-refractivity contribution in [3.63, 3.8) is 0 Å². The number of benzene rings is 1. The molecule has 0 radical (unpaired) electrons. The topological polar surface area (TPSA) is 68.5 Å². The van der Waals surface area contributed by atoms with Gasteiger partial charge < -0.3 is 14.5 Å². The Bertz CT molecular complexity index is 983. The van der Waals surface area contributed by atoms with Gasteiger partial charge in [-0.2, -0.15) is 0 Å². The first-order chi connectivity index (χ1) is 13.9. The van der Waals surface area contributed by atoms with Gasteiger partial charge in [0.05, 0.1) is 12.0 Å². The van der Waals surface area contributed by atoms with Crippen molar-refractivity contribution >= 4 is 16.9 Å². The fourth-order valence-corrected chi connectivity index (χ4v) is 4.69. The van der Waals surface area contributed by atoms with Crippen LogP contribution < -0.4 is 15.7 Å². The number of hydrogen-bond donors (Lipinski definition) is 1. The Morgan fingerprint density at radius 2 is 1.93 bits per heavy atom. The quantitative estimate of drug-likeness (QED) is 0.774. The minimum Gasteiger partial charge on any atom is -0.487 e. The van der Waals surface area contributed by atoms with E-state index in [1.54, 1.807) is 0 Å². The van der Waals surface area contributed by atoms with Gasteiger partial charge in [0.25, 0.3) is 0 Å². The number of ether oxygens (including phenoxy) is 1. The van der Waals surface area contributed by atoms with Crippen molar-refractivity contribution in [2.24, 2.45) is 5.92 Å². The summed E-state index contributed by atoms with van der Waals surface area (Å²) in [4.78, 5) is 24.9. The predicted octanol–water partition coefficient (Wildman–Crippen LogP) is 4.44. The third-order valence-corrected chi connectivity index (χ3v) is 6.45. The molecule has 4 rings (SSSR count). The van der Waals surface area contributed by atoms with Crippen LogP contribution in [0.5, 0.6) is 5.75 Å². The molecule has 5 nitrogen and oxygen atoms in total. The highest BCUT2D eigenvalue weighted by atomic mass is 16.5. The second kappa shape index (κ2) is 7.85. The van der Waals surface area contributed by atoms with E-state index in [4.69, 9.17) is 9.15 Å². The molecule has 1 saturated carbocycles. The van der Waals surface area contributed by atoms with Crippen LogP contribution in [0.3, 0.4) is 0 Å². The molecule has 1 aromatic carbocycles. The van der Waals surface area contributed by atoms with E-state index in [0.717, 1.165) is 42.4 Å². The second-order valence-corrected chi connectivity index (χ2v) is 9.17. The van der Waals surface area contributed by atoms with E-state index in [1.165, 1.54) is 24.8 Å². The van der Waals surface area contributed by atoms with E-state index < -0.39 is 5.63 Å². The van der Waals surface area contributed by atoms with Gasteiger partial charge in [0.15, 0.2) is 0 Å². The molecule has 1 fully saturated rings. The number of fused-ring (bicyclic) bond motifs is 2. The molecule has 1 aliphatic carbocycles. The third kappa shape index (κ3) is 4.05. The van der Waals surface area contributed by atoms with Crippen molar-refractivity contribution in [3.8, 4) is 5.75 Å². The van der Waals surface area contributed by atoms with Crippen LogP contribution in [0.1, 0.15) is 69.1 Å². The average molecular weight is 398 g/mol. The van der Waals surface area contributed by atoms with E-state index in [9.17, 15) is 9.59 Å². The number of nitrogens with one attached hydrogen (secondary N) is 1. The van der Waals surface area contributed by atoms with Crippen molar-refractivity contribution in [2.45, 2.75) is 77.7 Å². The van der Waals surface area contributed by atoms with Gasteiger partial charge >= 0.3 is 5.63 Å². The van der Waals surface area contributed by atoms with Crippen LogP contribution >= 0.6 is 0 Å². The van der Waals surface area contributed by atoms with Gasteiger partial charge in [0, 0.05) is 18.0 Å². The molecule has 5 heteroatoms. The van der Waals surface area contributed by atoms with Crippen LogP contribution in [0.25, 0.3) is 11.0 Å². The molecule has 29 heavy (non-hydrogen) atoms. The van der Waals surface area contributed by atoms with Gasteiger partial charge in [0.2, 0.25) is 5.91 Å². The number of carbonyl (C=O) groups is 1. The summed E-state index contributed by atoms with van der Waals surface area (Å²) >= 11 is 0. The van der Waals surface area contributed by atoms with E-state index in [-0.39, 0.29) is 17.9 Å². The maximum Gasteiger partial charge on any atom is 0.340 e. The molecule has 0 bridgehead atoms. The van der Waals surface area contributed by atoms with Gasteiger partial charge in [0.1, 0.15) is 16.9 Å². The summed E-state index contributed by atoms with van der Waals surface area (Å²) in [5, 5.41) is 3.78. The van der Waals surface area contributed by atoms with Crippen molar-refractivity contribution in [3.05, 3.63) is 39.2 Å². The lowest BCUT2D eigenvalue weighted by Gasteiger charge is -2.41. The maximum absolute atomic E-state index is 12.6. The Kier molecular flexibility index (Phi) is 5.41. The number of carbonyl (C=O) groups excluding carboxylic acids is 1. The summed E-state index contributed by atoms with van der Waals surface area (Å²) in [5.74, 6) is 1.08. The number of rotatable bonds is 4. The first-order valence-corrected chi connectivity index (χ1v) is 10.9. The number of aryl methyl sites for hydroxylation is 2. The van der Waals surface area contributed by atoms with Crippen LogP contribution in [0.2, 0.25) is 0 Å². The Morgan fingerprint density at radius 3 is 2.66 bits per heavy atom. The first kappa shape index (κ1) is 20.0. The fraction of sp³-hybridized carbons (Fsp3) is 0.583. The highest BCUT2D eigenvalue weighted by Crippen LogP contribution is 2.43. The maximum atomic E-state index is 12.6. The molecule has 1 amide bonds. The minimum absolute atomic E-state index is 0.0390. The van der Waals surface area contributed by atoms with Gasteiger partial charge in [-0.05, 0) is 68.6 Å². The van der Waals surface area contributed by atoms with E-state index in [0.29, 0.717) is 23.6 Å². The summed E-state index contributed by atoms with van der Waals surface area (Å²) in [6.45, 7) is 6.59. The van der Waals surface area contributed by atoms with E-state index in [2.05, 4.69) is 11.4 Å². The summed E-state index contributed by atoms with van der Waals surface area (Å²) in [6, 6.07) is 3.98. The van der Waals surface area contributed by atoms with Gasteiger partial charge in [-0.25, -0.2) is 4.79 Å². The van der Waals surface area contributed by atoms with Crippen molar-refractivity contribution < 1.29 is 13.9 Å². The Balaban J connectivity index is 1.65. The molecule has 1 spiro atoms. The highest BCUT2D eigenvalue weighted by Gasteiger charge is 2.37. The van der Waals surface area contributed by atoms with Gasteiger partial charge in [-0.15, -0.1) is 0 Å². The smallest absolute Gasteiger partial charge is 0.340 e. The molecular formula is C24H31NO4. The molecule has 1 aromatic heterocycles. The average Bonchev–Trinajstić information content (AvgIpc) is 2.69. The SMILES string of the molecule is Cc1c(CC(=O)NCC(C)C)c(=O)oc2cc3c(cc12)CCC1(CCCCC1)O3. The normalized spacial score (nSPS) is 17.9. The number of amides is 1. The molecule has 1 aliphatic heterocycles. The van der Waals surface area contributed by atoms with Crippen molar-refractivity contribution in [2.75, 3.05) is 6.54 Å². The van der Waals surface area contributed by atoms with Crippen molar-refractivity contribution in [1.82, 2.24) is 5.32 Å². The molecule has 2 heterocycles. The molecule has 2 aliphatic rings. The lowest BCUT2D eigenvalue weighted by molar-refractivity contribution is -0.120. The predicted molar refractivity (Wildman–Crippen MR) is 114 cm³/mol. The lowest BCUT2D eigenvalue weighted by atomic mass is 9.79. The molecule has 0 unspecified atom stereocenters. The van der Waals surface area contributed by atoms with Crippen LogP contribution in [-0.2, 0) is 17.6 Å². The highest BCUT2D eigenvalue weighted by molar-refractivity contribution is 5.86. The van der Waals surface area contributed by atoms with Crippen LogP contribution in [0.15, 0.2) is 21.3 Å². The molecule has 2 aromatic rings. The standard InChI is InChI=1S/C24H31NO4/c1-15(2)14-25-22(26)12-19-16(3)18-11-17-7-10-24(8-5-4-6-9-24)29-20(17)13-21(18)28-23(19)27/h11,13,15H,4-10,12,14H2,1-3H3,(H,25,26). The first-order valence-electron chi connectivity index (χ1n) is 10.9. The molecule has 0 saturated heterocycles. The second-order valence-electron chi connectivity index (χ2n) is 9.17. The Morgan fingerprint density at radius 1 is 1.17 bits per heavy atom.